The van der Waals surface area contributed by atoms with Gasteiger partial charge < -0.3 is 10.5 Å². The Hall–Kier alpha value is -1.94. The van der Waals surface area contributed by atoms with Gasteiger partial charge in [-0.2, -0.15) is 0 Å². The molecule has 0 saturated heterocycles. The zero-order valence-electron chi connectivity index (χ0n) is 9.97. The molecule has 0 bridgehead atoms. The molecule has 2 aromatic heterocycles. The van der Waals surface area contributed by atoms with Crippen molar-refractivity contribution in [2.75, 3.05) is 0 Å². The fourth-order valence-corrected chi connectivity index (χ4v) is 1.53. The molecular formula is C13H15N3O. The molecule has 2 rings (SSSR count). The van der Waals surface area contributed by atoms with Crippen molar-refractivity contribution in [1.82, 2.24) is 9.97 Å². The maximum atomic E-state index is 5.69. The summed E-state index contributed by atoms with van der Waals surface area (Å²) in [6.45, 7) is 4.33. The number of hydrogen-bond acceptors (Lipinski definition) is 4. The Labute approximate surface area is 100 Å². The zero-order chi connectivity index (χ0) is 12.3. The number of ether oxygens (including phenoxy) is 1. The second-order valence-electron chi connectivity index (χ2n) is 3.85. The predicted octanol–water partition coefficient (Wildman–Crippen LogP) is 2.34. The van der Waals surface area contributed by atoms with Crippen LogP contribution in [-0.4, -0.2) is 9.97 Å². The fraction of sp³-hybridized carbons (Fsp3) is 0.231. The third-order valence-corrected chi connectivity index (χ3v) is 2.55. The highest BCUT2D eigenvalue weighted by Gasteiger charge is 2.07. The van der Waals surface area contributed by atoms with Crippen molar-refractivity contribution in [3.05, 3.63) is 47.4 Å². The molecule has 0 aliphatic heterocycles. The second-order valence-corrected chi connectivity index (χ2v) is 3.85. The van der Waals surface area contributed by atoms with Crippen LogP contribution in [0.2, 0.25) is 0 Å². The van der Waals surface area contributed by atoms with Crippen LogP contribution in [0, 0.1) is 13.8 Å². The maximum absolute atomic E-state index is 5.69. The van der Waals surface area contributed by atoms with E-state index in [4.69, 9.17) is 10.5 Å². The van der Waals surface area contributed by atoms with Gasteiger partial charge in [-0.3, -0.25) is 4.98 Å². The van der Waals surface area contributed by atoms with Crippen molar-refractivity contribution >= 4 is 0 Å². The molecule has 2 N–H and O–H groups in total. The topological polar surface area (TPSA) is 61.0 Å². The van der Waals surface area contributed by atoms with Crippen molar-refractivity contribution < 1.29 is 4.74 Å². The van der Waals surface area contributed by atoms with Gasteiger partial charge in [0.15, 0.2) is 0 Å². The number of rotatable bonds is 3. The van der Waals surface area contributed by atoms with E-state index < -0.39 is 0 Å². The quantitative estimate of drug-likeness (QED) is 0.877. The molecule has 4 nitrogen and oxygen atoms in total. The normalized spacial score (nSPS) is 10.3. The van der Waals surface area contributed by atoms with Crippen molar-refractivity contribution in [3.63, 3.8) is 0 Å². The molecular weight excluding hydrogens is 214 g/mol. The lowest BCUT2D eigenvalue weighted by Gasteiger charge is -2.10. The van der Waals surface area contributed by atoms with Gasteiger partial charge in [0, 0.05) is 24.0 Å². The van der Waals surface area contributed by atoms with Crippen LogP contribution in [0.1, 0.15) is 16.8 Å². The van der Waals surface area contributed by atoms with Crippen LogP contribution < -0.4 is 10.5 Å². The first-order valence-electron chi connectivity index (χ1n) is 5.46. The van der Waals surface area contributed by atoms with Gasteiger partial charge in [0.1, 0.15) is 5.75 Å². The minimum absolute atomic E-state index is 0.411. The van der Waals surface area contributed by atoms with Crippen LogP contribution in [0.15, 0.2) is 30.6 Å². The van der Waals surface area contributed by atoms with E-state index in [1.807, 2.05) is 32.0 Å². The third kappa shape index (κ3) is 2.60. The smallest absolute Gasteiger partial charge is 0.224 e. The molecule has 0 radical (unpaired) electrons. The van der Waals surface area contributed by atoms with Crippen molar-refractivity contribution in [2.24, 2.45) is 5.73 Å². The Bertz CT molecular complexity index is 509. The Morgan fingerprint density at radius 3 is 2.65 bits per heavy atom. The summed E-state index contributed by atoms with van der Waals surface area (Å²) in [6.07, 6.45) is 3.39. The highest BCUT2D eigenvalue weighted by atomic mass is 16.5. The second kappa shape index (κ2) is 4.93. The van der Waals surface area contributed by atoms with Crippen molar-refractivity contribution in [2.45, 2.75) is 20.4 Å². The Balaban J connectivity index is 2.29. The monoisotopic (exact) mass is 229 g/mol. The van der Waals surface area contributed by atoms with E-state index in [1.54, 1.807) is 12.4 Å². The van der Waals surface area contributed by atoms with Gasteiger partial charge in [0.05, 0.1) is 6.20 Å². The van der Waals surface area contributed by atoms with E-state index in [0.717, 1.165) is 16.8 Å². The van der Waals surface area contributed by atoms with Gasteiger partial charge in [0.2, 0.25) is 5.88 Å². The fourth-order valence-electron chi connectivity index (χ4n) is 1.53. The van der Waals surface area contributed by atoms with Crippen molar-refractivity contribution in [3.8, 4) is 11.6 Å². The predicted molar refractivity (Wildman–Crippen MR) is 65.9 cm³/mol. The SMILES string of the molecule is Cc1ccc(Oc2nccc(C)c2CN)cn1. The molecule has 0 fully saturated rings. The molecule has 0 spiro atoms. The molecule has 88 valence electrons. The highest BCUT2D eigenvalue weighted by molar-refractivity contribution is 5.36. The molecule has 0 aromatic carbocycles. The summed E-state index contributed by atoms with van der Waals surface area (Å²) in [6, 6.07) is 5.68. The summed E-state index contributed by atoms with van der Waals surface area (Å²) in [4.78, 5) is 8.37. The van der Waals surface area contributed by atoms with Gasteiger partial charge >= 0.3 is 0 Å². The molecule has 0 saturated carbocycles. The van der Waals surface area contributed by atoms with Gasteiger partial charge in [-0.25, -0.2) is 4.98 Å². The Kier molecular flexibility index (Phi) is 3.35. The van der Waals surface area contributed by atoms with E-state index in [1.165, 1.54) is 0 Å². The van der Waals surface area contributed by atoms with E-state index in [0.29, 0.717) is 18.2 Å². The van der Waals surface area contributed by atoms with Crippen LogP contribution in [0.4, 0.5) is 0 Å². The van der Waals surface area contributed by atoms with E-state index in [-0.39, 0.29) is 0 Å². The number of nitrogens with two attached hydrogens (primary N) is 1. The number of pyridine rings is 2. The van der Waals surface area contributed by atoms with Gasteiger partial charge in [-0.15, -0.1) is 0 Å². The molecule has 0 unspecified atom stereocenters. The summed E-state index contributed by atoms with van der Waals surface area (Å²) in [5, 5.41) is 0. The van der Waals surface area contributed by atoms with Crippen LogP contribution in [-0.2, 0) is 6.54 Å². The Morgan fingerprint density at radius 2 is 2.00 bits per heavy atom. The molecule has 4 heteroatoms. The van der Waals surface area contributed by atoms with Gasteiger partial charge in [-0.1, -0.05) is 0 Å². The molecule has 2 aromatic rings. The molecule has 0 amide bonds. The van der Waals surface area contributed by atoms with Crippen molar-refractivity contribution in [1.29, 1.82) is 0 Å². The summed E-state index contributed by atoms with van der Waals surface area (Å²) < 4.78 is 5.68. The lowest BCUT2D eigenvalue weighted by atomic mass is 10.1. The first-order valence-corrected chi connectivity index (χ1v) is 5.46. The van der Waals surface area contributed by atoms with Crippen LogP contribution in [0.25, 0.3) is 0 Å². The van der Waals surface area contributed by atoms with E-state index in [9.17, 15) is 0 Å². The van der Waals surface area contributed by atoms with Crippen LogP contribution in [0.3, 0.4) is 0 Å². The highest BCUT2D eigenvalue weighted by Crippen LogP contribution is 2.24. The standard InChI is InChI=1S/C13H15N3O/c1-9-5-6-15-13(12(9)7-14)17-11-4-3-10(2)16-8-11/h3-6,8H,7,14H2,1-2H3. The minimum atomic E-state index is 0.411. The summed E-state index contributed by atoms with van der Waals surface area (Å²) in [5.74, 6) is 1.22. The molecule has 0 aliphatic carbocycles. The number of nitrogens with zero attached hydrogens (tertiary/aromatic N) is 2. The maximum Gasteiger partial charge on any atom is 0.224 e. The van der Waals surface area contributed by atoms with E-state index in [2.05, 4.69) is 9.97 Å². The summed E-state index contributed by atoms with van der Waals surface area (Å²) in [7, 11) is 0. The largest absolute Gasteiger partial charge is 0.437 e. The van der Waals surface area contributed by atoms with Crippen LogP contribution in [0.5, 0.6) is 11.6 Å². The summed E-state index contributed by atoms with van der Waals surface area (Å²) in [5.41, 5.74) is 8.65. The first kappa shape index (κ1) is 11.5. The summed E-state index contributed by atoms with van der Waals surface area (Å²) >= 11 is 0. The first-order chi connectivity index (χ1) is 8.20. The minimum Gasteiger partial charge on any atom is -0.437 e. The lowest BCUT2D eigenvalue weighted by molar-refractivity contribution is 0.453. The van der Waals surface area contributed by atoms with E-state index >= 15 is 0 Å². The van der Waals surface area contributed by atoms with Crippen LogP contribution >= 0.6 is 0 Å². The molecule has 17 heavy (non-hydrogen) atoms. The van der Waals surface area contributed by atoms with Gasteiger partial charge in [-0.05, 0) is 37.6 Å². The average molecular weight is 229 g/mol. The molecule has 0 aliphatic rings. The number of aryl methyl sites for hydroxylation is 2. The third-order valence-electron chi connectivity index (χ3n) is 2.55. The van der Waals surface area contributed by atoms with Gasteiger partial charge in [0.25, 0.3) is 0 Å². The number of hydrogen-bond donors (Lipinski definition) is 1. The zero-order valence-corrected chi connectivity index (χ0v) is 9.97. The molecule has 2 heterocycles. The number of aromatic nitrogens is 2. The molecule has 0 atom stereocenters. The Morgan fingerprint density at radius 1 is 1.18 bits per heavy atom. The lowest BCUT2D eigenvalue weighted by Crippen LogP contribution is -2.03. The average Bonchev–Trinajstić information content (AvgIpc) is 2.32.